The van der Waals surface area contributed by atoms with Gasteiger partial charge in [-0.1, -0.05) is 36.4 Å². The average Bonchev–Trinajstić information content (AvgIpc) is 2.55. The van der Waals surface area contributed by atoms with Gasteiger partial charge >= 0.3 is 0 Å². The summed E-state index contributed by atoms with van der Waals surface area (Å²) < 4.78 is 10.5. The first kappa shape index (κ1) is 14.9. The molecule has 2 aromatic carbocycles. The van der Waals surface area contributed by atoms with E-state index < -0.39 is 0 Å². The molecule has 0 aliphatic rings. The molecule has 0 atom stereocenters. The molecule has 0 saturated carbocycles. The summed E-state index contributed by atoms with van der Waals surface area (Å²) in [6.07, 6.45) is 0.799. The summed E-state index contributed by atoms with van der Waals surface area (Å²) in [6, 6.07) is 15.6. The molecule has 0 unspecified atom stereocenters. The fraction of sp³-hybridized carbons (Fsp3) is 0.235. The van der Waals surface area contributed by atoms with Gasteiger partial charge in [-0.2, -0.15) is 0 Å². The fourth-order valence-electron chi connectivity index (χ4n) is 2.04. The molecule has 0 amide bonds. The van der Waals surface area contributed by atoms with Crippen LogP contribution in [0.4, 0.5) is 0 Å². The minimum atomic E-state index is 0.566. The number of rotatable bonds is 6. The molecular weight excluding hydrogens is 264 g/mol. The quantitative estimate of drug-likeness (QED) is 0.655. The van der Waals surface area contributed by atoms with Crippen LogP contribution in [0.1, 0.15) is 11.1 Å². The minimum Gasteiger partial charge on any atom is -0.493 e. The molecule has 0 aromatic heterocycles. The van der Waals surface area contributed by atoms with Gasteiger partial charge in [0.1, 0.15) is 5.84 Å². The Hall–Kier alpha value is -2.49. The first-order valence-electron chi connectivity index (χ1n) is 6.81. The summed E-state index contributed by atoms with van der Waals surface area (Å²) in [7, 11) is 3.26. The summed E-state index contributed by atoms with van der Waals surface area (Å²) >= 11 is 0. The third-order valence-electron chi connectivity index (χ3n) is 3.20. The Bertz CT molecular complexity index is 609. The molecule has 4 nitrogen and oxygen atoms in total. The van der Waals surface area contributed by atoms with E-state index in [-0.39, 0.29) is 0 Å². The summed E-state index contributed by atoms with van der Waals surface area (Å²) in [5, 5.41) is 0. The van der Waals surface area contributed by atoms with Crippen LogP contribution in [-0.4, -0.2) is 26.6 Å². The lowest BCUT2D eigenvalue weighted by Crippen LogP contribution is -2.14. The van der Waals surface area contributed by atoms with Gasteiger partial charge in [0.25, 0.3) is 0 Å². The lowest BCUT2D eigenvalue weighted by Gasteiger charge is -2.09. The second-order valence-corrected chi connectivity index (χ2v) is 4.57. The van der Waals surface area contributed by atoms with Crippen LogP contribution in [0.15, 0.2) is 53.5 Å². The summed E-state index contributed by atoms with van der Waals surface area (Å²) in [6.45, 7) is 0.635. The van der Waals surface area contributed by atoms with Crippen molar-refractivity contribution in [2.75, 3.05) is 20.8 Å². The zero-order chi connectivity index (χ0) is 15.1. The van der Waals surface area contributed by atoms with Crippen molar-refractivity contribution < 1.29 is 9.47 Å². The normalized spacial score (nSPS) is 11.2. The highest BCUT2D eigenvalue weighted by atomic mass is 16.5. The first-order chi connectivity index (χ1) is 10.2. The molecule has 0 spiro atoms. The van der Waals surface area contributed by atoms with E-state index in [1.807, 2.05) is 48.5 Å². The topological polar surface area (TPSA) is 56.8 Å². The molecule has 2 rings (SSSR count). The molecule has 2 N–H and O–H groups in total. The standard InChI is InChI=1S/C17H20N2O2/c1-20-15-9-8-13(12-16(15)21-2)10-11-19-17(18)14-6-4-3-5-7-14/h3-9,12H,10-11H2,1-2H3,(H2,18,19). The molecule has 0 heterocycles. The summed E-state index contributed by atoms with van der Waals surface area (Å²) in [5.41, 5.74) is 8.05. The Balaban J connectivity index is 2.00. The number of nitrogens with two attached hydrogens (primary N) is 1. The Labute approximate surface area is 125 Å². The lowest BCUT2D eigenvalue weighted by atomic mass is 10.1. The maximum atomic E-state index is 5.97. The van der Waals surface area contributed by atoms with E-state index in [1.54, 1.807) is 14.2 Å². The number of hydrogen-bond donors (Lipinski definition) is 1. The molecule has 21 heavy (non-hydrogen) atoms. The Morgan fingerprint density at radius 3 is 2.38 bits per heavy atom. The van der Waals surface area contributed by atoms with Crippen molar-refractivity contribution in [3.63, 3.8) is 0 Å². The van der Waals surface area contributed by atoms with Gasteiger partial charge in [-0.3, -0.25) is 4.99 Å². The van der Waals surface area contributed by atoms with Crippen molar-refractivity contribution in [2.45, 2.75) is 6.42 Å². The van der Waals surface area contributed by atoms with Gasteiger partial charge in [0, 0.05) is 12.1 Å². The van der Waals surface area contributed by atoms with Crippen LogP contribution in [-0.2, 0) is 6.42 Å². The van der Waals surface area contributed by atoms with E-state index in [0.29, 0.717) is 12.4 Å². The largest absolute Gasteiger partial charge is 0.493 e. The zero-order valence-corrected chi connectivity index (χ0v) is 12.4. The highest BCUT2D eigenvalue weighted by Crippen LogP contribution is 2.27. The lowest BCUT2D eigenvalue weighted by molar-refractivity contribution is 0.354. The minimum absolute atomic E-state index is 0.566. The second-order valence-electron chi connectivity index (χ2n) is 4.57. The van der Waals surface area contributed by atoms with Gasteiger partial charge in [-0.15, -0.1) is 0 Å². The molecule has 0 fully saturated rings. The van der Waals surface area contributed by atoms with Crippen LogP contribution in [0.25, 0.3) is 0 Å². The van der Waals surface area contributed by atoms with Gasteiger partial charge in [-0.05, 0) is 24.1 Å². The molecule has 2 aromatic rings. The number of hydrogen-bond acceptors (Lipinski definition) is 3. The van der Waals surface area contributed by atoms with E-state index in [2.05, 4.69) is 4.99 Å². The SMILES string of the molecule is COc1ccc(CCN=C(N)c2ccccc2)cc1OC. The number of methoxy groups -OCH3 is 2. The van der Waals surface area contributed by atoms with Crippen LogP contribution in [0.5, 0.6) is 11.5 Å². The predicted octanol–water partition coefficient (Wildman–Crippen LogP) is 2.65. The smallest absolute Gasteiger partial charge is 0.160 e. The van der Waals surface area contributed by atoms with Gasteiger partial charge in [0.05, 0.1) is 14.2 Å². The van der Waals surface area contributed by atoms with Crippen molar-refractivity contribution in [3.8, 4) is 11.5 Å². The van der Waals surface area contributed by atoms with E-state index in [0.717, 1.165) is 29.0 Å². The zero-order valence-electron chi connectivity index (χ0n) is 12.4. The van der Waals surface area contributed by atoms with Crippen molar-refractivity contribution in [3.05, 3.63) is 59.7 Å². The van der Waals surface area contributed by atoms with E-state index in [9.17, 15) is 0 Å². The second kappa shape index (κ2) is 7.33. The van der Waals surface area contributed by atoms with E-state index >= 15 is 0 Å². The van der Waals surface area contributed by atoms with Crippen molar-refractivity contribution in [1.82, 2.24) is 0 Å². The van der Waals surface area contributed by atoms with Crippen LogP contribution < -0.4 is 15.2 Å². The number of nitrogens with zero attached hydrogens (tertiary/aromatic N) is 1. The first-order valence-corrected chi connectivity index (χ1v) is 6.81. The maximum Gasteiger partial charge on any atom is 0.160 e. The van der Waals surface area contributed by atoms with Gasteiger partial charge in [0.2, 0.25) is 0 Å². The summed E-state index contributed by atoms with van der Waals surface area (Å²) in [5.74, 6) is 2.03. The predicted molar refractivity (Wildman–Crippen MR) is 85.3 cm³/mol. The fourth-order valence-corrected chi connectivity index (χ4v) is 2.04. The third kappa shape index (κ3) is 3.99. The molecule has 0 aliphatic heterocycles. The van der Waals surface area contributed by atoms with Crippen molar-refractivity contribution in [1.29, 1.82) is 0 Å². The van der Waals surface area contributed by atoms with E-state index in [4.69, 9.17) is 15.2 Å². The highest BCUT2D eigenvalue weighted by molar-refractivity contribution is 5.97. The third-order valence-corrected chi connectivity index (χ3v) is 3.20. The van der Waals surface area contributed by atoms with Gasteiger partial charge in [0.15, 0.2) is 11.5 Å². The van der Waals surface area contributed by atoms with Crippen LogP contribution in [0.3, 0.4) is 0 Å². The maximum absolute atomic E-state index is 5.97. The van der Waals surface area contributed by atoms with Crippen molar-refractivity contribution >= 4 is 5.84 Å². The van der Waals surface area contributed by atoms with Crippen LogP contribution in [0.2, 0.25) is 0 Å². The van der Waals surface area contributed by atoms with Gasteiger partial charge < -0.3 is 15.2 Å². The Kier molecular flexibility index (Phi) is 5.21. The number of aliphatic imine (C=N–C) groups is 1. The van der Waals surface area contributed by atoms with Crippen molar-refractivity contribution in [2.24, 2.45) is 10.7 Å². The molecule has 4 heteroatoms. The number of amidine groups is 1. The Morgan fingerprint density at radius 1 is 1.00 bits per heavy atom. The Morgan fingerprint density at radius 2 is 1.71 bits per heavy atom. The van der Waals surface area contributed by atoms with E-state index in [1.165, 1.54) is 0 Å². The molecule has 0 aliphatic carbocycles. The molecule has 0 bridgehead atoms. The number of benzene rings is 2. The molecular formula is C17H20N2O2. The summed E-state index contributed by atoms with van der Waals surface area (Å²) in [4.78, 5) is 4.41. The molecule has 0 saturated heterocycles. The average molecular weight is 284 g/mol. The highest BCUT2D eigenvalue weighted by Gasteiger charge is 2.04. The van der Waals surface area contributed by atoms with Gasteiger partial charge in [-0.25, -0.2) is 0 Å². The molecule has 110 valence electrons. The molecule has 0 radical (unpaired) electrons. The van der Waals surface area contributed by atoms with Crippen LogP contribution >= 0.6 is 0 Å². The van der Waals surface area contributed by atoms with Crippen LogP contribution in [0, 0.1) is 0 Å². The number of ether oxygens (including phenoxy) is 2. The monoisotopic (exact) mass is 284 g/mol.